The third-order valence-corrected chi connectivity index (χ3v) is 2.94. The molecule has 0 bridgehead atoms. The number of aromatic nitrogens is 1. The molecule has 4 nitrogen and oxygen atoms in total. The second kappa shape index (κ2) is 5.48. The average molecular weight is 243 g/mol. The van der Waals surface area contributed by atoms with Crippen LogP contribution in [0.5, 0.6) is 0 Å². The van der Waals surface area contributed by atoms with Gasteiger partial charge in [-0.15, -0.1) is 0 Å². The van der Waals surface area contributed by atoms with Gasteiger partial charge in [0, 0.05) is 19.7 Å². The number of hydrogen-bond acceptors (Lipinski definition) is 4. The Morgan fingerprint density at radius 2 is 2.25 bits per heavy atom. The molecule has 0 spiro atoms. The molecule has 1 aliphatic heterocycles. The molecule has 0 radical (unpaired) electrons. The first-order valence-corrected chi connectivity index (χ1v) is 5.78. The fraction of sp³-hybridized carbons (Fsp3) is 0.545. The monoisotopic (exact) mass is 242 g/mol. The zero-order valence-corrected chi connectivity index (χ0v) is 9.78. The van der Waals surface area contributed by atoms with Crippen molar-refractivity contribution in [3.8, 4) is 0 Å². The fourth-order valence-electron chi connectivity index (χ4n) is 1.74. The molecule has 0 aromatic carbocycles. The standard InChI is InChI=1S/C11H15ClN2O2/c12-9-2-3-11(13-10(9)8-15)14-4-1-6-16-7-5-14/h2-3,15H,1,4-8H2. The van der Waals surface area contributed by atoms with E-state index < -0.39 is 0 Å². The van der Waals surface area contributed by atoms with E-state index in [0.29, 0.717) is 10.7 Å². The number of halogens is 1. The van der Waals surface area contributed by atoms with Crippen molar-refractivity contribution >= 4 is 17.4 Å². The fourth-order valence-corrected chi connectivity index (χ4v) is 1.90. The highest BCUT2D eigenvalue weighted by Crippen LogP contribution is 2.20. The van der Waals surface area contributed by atoms with Gasteiger partial charge in [-0.1, -0.05) is 11.6 Å². The number of aliphatic hydroxyl groups excluding tert-OH is 1. The quantitative estimate of drug-likeness (QED) is 0.853. The first-order chi connectivity index (χ1) is 7.81. The average Bonchev–Trinajstić information content (AvgIpc) is 2.58. The van der Waals surface area contributed by atoms with Crippen molar-refractivity contribution in [2.24, 2.45) is 0 Å². The summed E-state index contributed by atoms with van der Waals surface area (Å²) < 4.78 is 5.38. The minimum atomic E-state index is -0.128. The van der Waals surface area contributed by atoms with Gasteiger partial charge in [-0.3, -0.25) is 0 Å². The summed E-state index contributed by atoms with van der Waals surface area (Å²) in [6, 6.07) is 3.66. The maximum Gasteiger partial charge on any atom is 0.129 e. The molecule has 1 aliphatic rings. The van der Waals surface area contributed by atoms with Gasteiger partial charge < -0.3 is 14.7 Å². The topological polar surface area (TPSA) is 45.6 Å². The van der Waals surface area contributed by atoms with Crippen LogP contribution in [0.2, 0.25) is 5.02 Å². The molecule has 5 heteroatoms. The lowest BCUT2D eigenvalue weighted by atomic mass is 10.3. The summed E-state index contributed by atoms with van der Waals surface area (Å²) in [4.78, 5) is 6.50. The number of pyridine rings is 1. The number of nitrogens with zero attached hydrogens (tertiary/aromatic N) is 2. The Balaban J connectivity index is 2.18. The summed E-state index contributed by atoms with van der Waals surface area (Å²) in [5.74, 6) is 0.860. The Morgan fingerprint density at radius 1 is 1.38 bits per heavy atom. The summed E-state index contributed by atoms with van der Waals surface area (Å²) >= 11 is 5.90. The molecule has 2 rings (SSSR count). The van der Waals surface area contributed by atoms with Crippen LogP contribution < -0.4 is 4.90 Å². The molecule has 2 heterocycles. The lowest BCUT2D eigenvalue weighted by Crippen LogP contribution is -2.27. The maximum absolute atomic E-state index is 9.11. The summed E-state index contributed by atoms with van der Waals surface area (Å²) in [5.41, 5.74) is 0.532. The van der Waals surface area contributed by atoms with Crippen LogP contribution in [0.4, 0.5) is 5.82 Å². The van der Waals surface area contributed by atoms with Gasteiger partial charge in [0.15, 0.2) is 0 Å². The Kier molecular flexibility index (Phi) is 3.98. The highest BCUT2D eigenvalue weighted by Gasteiger charge is 2.12. The van der Waals surface area contributed by atoms with Gasteiger partial charge in [0.1, 0.15) is 5.82 Å². The van der Waals surface area contributed by atoms with Crippen LogP contribution in [0.3, 0.4) is 0 Å². The maximum atomic E-state index is 9.11. The molecular formula is C11H15ClN2O2. The smallest absolute Gasteiger partial charge is 0.129 e. The number of hydrogen-bond donors (Lipinski definition) is 1. The third-order valence-electron chi connectivity index (χ3n) is 2.60. The van der Waals surface area contributed by atoms with Crippen molar-refractivity contribution < 1.29 is 9.84 Å². The molecule has 1 N–H and O–H groups in total. The Bertz CT molecular complexity index is 352. The second-order valence-corrected chi connectivity index (χ2v) is 4.12. The van der Waals surface area contributed by atoms with Gasteiger partial charge in [-0.25, -0.2) is 4.98 Å². The molecule has 1 saturated heterocycles. The van der Waals surface area contributed by atoms with E-state index in [0.717, 1.165) is 38.5 Å². The molecule has 16 heavy (non-hydrogen) atoms. The summed E-state index contributed by atoms with van der Waals surface area (Å²) in [6.07, 6.45) is 0.999. The van der Waals surface area contributed by atoms with E-state index in [2.05, 4.69) is 9.88 Å². The van der Waals surface area contributed by atoms with Crippen LogP contribution in [-0.2, 0) is 11.3 Å². The number of ether oxygens (including phenoxy) is 1. The Hall–Kier alpha value is -0.840. The summed E-state index contributed by atoms with van der Waals surface area (Å²) in [7, 11) is 0. The van der Waals surface area contributed by atoms with E-state index >= 15 is 0 Å². The van der Waals surface area contributed by atoms with Gasteiger partial charge in [0.25, 0.3) is 0 Å². The molecule has 1 fully saturated rings. The molecular weight excluding hydrogens is 228 g/mol. The molecule has 0 unspecified atom stereocenters. The summed E-state index contributed by atoms with van der Waals surface area (Å²) in [5, 5.41) is 9.62. The lowest BCUT2D eigenvalue weighted by molar-refractivity contribution is 0.152. The zero-order chi connectivity index (χ0) is 11.4. The summed E-state index contributed by atoms with van der Waals surface area (Å²) in [6.45, 7) is 3.16. The van der Waals surface area contributed by atoms with E-state index in [1.54, 1.807) is 6.07 Å². The normalized spacial score (nSPS) is 17.2. The molecule has 88 valence electrons. The van der Waals surface area contributed by atoms with Gasteiger partial charge in [0.05, 0.1) is 23.9 Å². The van der Waals surface area contributed by atoms with Crippen molar-refractivity contribution in [1.82, 2.24) is 4.98 Å². The third kappa shape index (κ3) is 2.64. The van der Waals surface area contributed by atoms with Crippen molar-refractivity contribution in [1.29, 1.82) is 0 Å². The molecule has 1 aromatic rings. The number of rotatable bonds is 2. The van der Waals surface area contributed by atoms with Crippen LogP contribution in [0.1, 0.15) is 12.1 Å². The largest absolute Gasteiger partial charge is 0.390 e. The predicted octanol–water partition coefficient (Wildman–Crippen LogP) is 1.45. The number of anilines is 1. The molecule has 1 aromatic heterocycles. The van der Waals surface area contributed by atoms with Crippen molar-refractivity contribution in [2.75, 3.05) is 31.2 Å². The minimum Gasteiger partial charge on any atom is -0.390 e. The first kappa shape index (κ1) is 11.6. The molecule has 0 saturated carbocycles. The predicted molar refractivity (Wildman–Crippen MR) is 62.8 cm³/mol. The minimum absolute atomic E-state index is 0.128. The zero-order valence-electron chi connectivity index (χ0n) is 9.03. The van der Waals surface area contributed by atoms with E-state index in [-0.39, 0.29) is 6.61 Å². The molecule has 0 amide bonds. The lowest BCUT2D eigenvalue weighted by Gasteiger charge is -2.21. The van der Waals surface area contributed by atoms with E-state index in [1.807, 2.05) is 6.07 Å². The Morgan fingerprint density at radius 3 is 3.06 bits per heavy atom. The van der Waals surface area contributed by atoms with E-state index in [9.17, 15) is 0 Å². The van der Waals surface area contributed by atoms with Gasteiger partial charge in [-0.05, 0) is 18.6 Å². The highest BCUT2D eigenvalue weighted by molar-refractivity contribution is 6.31. The van der Waals surface area contributed by atoms with E-state index in [1.165, 1.54) is 0 Å². The first-order valence-electron chi connectivity index (χ1n) is 5.40. The SMILES string of the molecule is OCc1nc(N2CCCOCC2)ccc1Cl. The number of aliphatic hydroxyl groups is 1. The van der Waals surface area contributed by atoms with Gasteiger partial charge in [-0.2, -0.15) is 0 Å². The van der Waals surface area contributed by atoms with Crippen LogP contribution in [-0.4, -0.2) is 36.4 Å². The van der Waals surface area contributed by atoms with Crippen molar-refractivity contribution in [2.45, 2.75) is 13.0 Å². The van der Waals surface area contributed by atoms with Crippen LogP contribution >= 0.6 is 11.6 Å². The van der Waals surface area contributed by atoms with Gasteiger partial charge >= 0.3 is 0 Å². The van der Waals surface area contributed by atoms with Crippen LogP contribution in [0, 0.1) is 0 Å². The van der Waals surface area contributed by atoms with Crippen LogP contribution in [0.15, 0.2) is 12.1 Å². The highest BCUT2D eigenvalue weighted by atomic mass is 35.5. The van der Waals surface area contributed by atoms with Gasteiger partial charge in [0.2, 0.25) is 0 Å². The second-order valence-electron chi connectivity index (χ2n) is 3.71. The van der Waals surface area contributed by atoms with Crippen LogP contribution in [0.25, 0.3) is 0 Å². The van der Waals surface area contributed by atoms with E-state index in [4.69, 9.17) is 21.4 Å². The van der Waals surface area contributed by atoms with Crippen molar-refractivity contribution in [3.05, 3.63) is 22.8 Å². The van der Waals surface area contributed by atoms with Crippen molar-refractivity contribution in [3.63, 3.8) is 0 Å². The molecule has 0 atom stereocenters. The molecule has 0 aliphatic carbocycles. The Labute approximate surface area is 99.8 Å².